The lowest BCUT2D eigenvalue weighted by atomic mass is 10.1. The van der Waals surface area contributed by atoms with Crippen molar-refractivity contribution in [3.8, 4) is 5.75 Å². The van der Waals surface area contributed by atoms with Crippen LogP contribution in [0.2, 0.25) is 0 Å². The van der Waals surface area contributed by atoms with Crippen LogP contribution in [-0.2, 0) is 11.2 Å². The van der Waals surface area contributed by atoms with E-state index in [9.17, 15) is 5.11 Å². The molecular weight excluding hydrogens is 202 g/mol. The van der Waals surface area contributed by atoms with Gasteiger partial charge in [-0.25, -0.2) is 0 Å². The largest absolute Gasteiger partial charge is 0.508 e. The fourth-order valence-corrected chi connectivity index (χ4v) is 1.66. The second kappa shape index (κ2) is 7.25. The number of aromatic hydroxyl groups is 1. The van der Waals surface area contributed by atoms with Gasteiger partial charge in [0.1, 0.15) is 5.75 Å². The number of para-hydroxylation sites is 1. The highest BCUT2D eigenvalue weighted by atomic mass is 16.5. The molecule has 0 aromatic heterocycles. The summed E-state index contributed by atoms with van der Waals surface area (Å²) in [4.78, 5) is 0. The van der Waals surface area contributed by atoms with Crippen molar-refractivity contribution in [3.05, 3.63) is 29.8 Å². The molecule has 1 unspecified atom stereocenters. The number of benzene rings is 1. The molecule has 0 amide bonds. The second-order valence-electron chi connectivity index (χ2n) is 3.89. The van der Waals surface area contributed by atoms with Gasteiger partial charge in [-0.15, -0.1) is 0 Å². The molecule has 0 heterocycles. The first kappa shape index (κ1) is 13.0. The summed E-state index contributed by atoms with van der Waals surface area (Å²) in [6.45, 7) is 3.73. The van der Waals surface area contributed by atoms with Crippen LogP contribution in [0.25, 0.3) is 0 Å². The van der Waals surface area contributed by atoms with Crippen LogP contribution in [-0.4, -0.2) is 31.4 Å². The molecule has 1 aromatic carbocycles. The van der Waals surface area contributed by atoms with Crippen LogP contribution in [0.4, 0.5) is 0 Å². The number of hydrogen-bond acceptors (Lipinski definition) is 3. The van der Waals surface area contributed by atoms with Crippen LogP contribution < -0.4 is 5.32 Å². The molecule has 0 saturated heterocycles. The lowest BCUT2D eigenvalue weighted by molar-refractivity contribution is 0.164. The van der Waals surface area contributed by atoms with E-state index in [1.165, 1.54) is 0 Å². The monoisotopic (exact) mass is 223 g/mol. The van der Waals surface area contributed by atoms with Gasteiger partial charge in [-0.3, -0.25) is 0 Å². The van der Waals surface area contributed by atoms with E-state index in [0.717, 1.165) is 31.6 Å². The highest BCUT2D eigenvalue weighted by molar-refractivity contribution is 5.31. The molecule has 0 radical (unpaired) electrons. The first-order valence-electron chi connectivity index (χ1n) is 5.77. The van der Waals surface area contributed by atoms with E-state index in [4.69, 9.17) is 4.74 Å². The van der Waals surface area contributed by atoms with Crippen molar-refractivity contribution in [2.75, 3.05) is 20.3 Å². The maximum Gasteiger partial charge on any atom is 0.118 e. The third-order valence-electron chi connectivity index (χ3n) is 2.68. The quantitative estimate of drug-likeness (QED) is 0.742. The van der Waals surface area contributed by atoms with Gasteiger partial charge >= 0.3 is 0 Å². The van der Waals surface area contributed by atoms with Gasteiger partial charge in [-0.05, 0) is 31.0 Å². The molecule has 3 heteroatoms. The molecule has 0 aliphatic rings. The van der Waals surface area contributed by atoms with Crippen molar-refractivity contribution in [1.82, 2.24) is 5.32 Å². The van der Waals surface area contributed by atoms with Crippen LogP contribution in [0.3, 0.4) is 0 Å². The number of methoxy groups -OCH3 is 1. The standard InChI is InChI=1S/C13H21NO2/c1-3-12(10-16-2)14-9-8-11-6-4-5-7-13(11)15/h4-7,12,14-15H,3,8-10H2,1-2H3. The molecule has 16 heavy (non-hydrogen) atoms. The van der Waals surface area contributed by atoms with Crippen molar-refractivity contribution in [2.45, 2.75) is 25.8 Å². The molecule has 0 aliphatic carbocycles. The Hall–Kier alpha value is -1.06. The molecule has 0 spiro atoms. The highest BCUT2D eigenvalue weighted by Gasteiger charge is 2.05. The maximum atomic E-state index is 9.58. The van der Waals surface area contributed by atoms with Gasteiger partial charge in [0.05, 0.1) is 6.61 Å². The number of phenolic OH excluding ortho intramolecular Hbond substituents is 1. The summed E-state index contributed by atoms with van der Waals surface area (Å²) >= 11 is 0. The molecule has 0 saturated carbocycles. The number of nitrogens with one attached hydrogen (secondary N) is 1. The van der Waals surface area contributed by atoms with Crippen LogP contribution in [0.5, 0.6) is 5.75 Å². The zero-order valence-electron chi connectivity index (χ0n) is 10.1. The minimum absolute atomic E-state index is 0.379. The van der Waals surface area contributed by atoms with Gasteiger partial charge in [-0.1, -0.05) is 25.1 Å². The van der Waals surface area contributed by atoms with Gasteiger partial charge in [0.15, 0.2) is 0 Å². The summed E-state index contributed by atoms with van der Waals surface area (Å²) in [5, 5.41) is 13.0. The van der Waals surface area contributed by atoms with E-state index >= 15 is 0 Å². The third-order valence-corrected chi connectivity index (χ3v) is 2.68. The Morgan fingerprint density at radius 3 is 2.75 bits per heavy atom. The third kappa shape index (κ3) is 4.21. The Labute approximate surface area is 97.4 Å². The van der Waals surface area contributed by atoms with E-state index in [1.807, 2.05) is 18.2 Å². The predicted octanol–water partition coefficient (Wildman–Crippen LogP) is 1.95. The summed E-state index contributed by atoms with van der Waals surface area (Å²) in [6, 6.07) is 7.86. The summed E-state index contributed by atoms with van der Waals surface area (Å²) < 4.78 is 5.11. The average Bonchev–Trinajstić information content (AvgIpc) is 2.30. The SMILES string of the molecule is CCC(COC)NCCc1ccccc1O. The van der Waals surface area contributed by atoms with E-state index in [2.05, 4.69) is 12.2 Å². The Balaban J connectivity index is 2.32. The van der Waals surface area contributed by atoms with E-state index < -0.39 is 0 Å². The van der Waals surface area contributed by atoms with Crippen molar-refractivity contribution < 1.29 is 9.84 Å². The molecule has 0 fully saturated rings. The molecule has 90 valence electrons. The Kier molecular flexibility index (Phi) is 5.90. The number of phenols is 1. The zero-order valence-corrected chi connectivity index (χ0v) is 10.1. The Morgan fingerprint density at radius 2 is 2.12 bits per heavy atom. The van der Waals surface area contributed by atoms with Gasteiger partial charge in [0.2, 0.25) is 0 Å². The molecule has 1 atom stereocenters. The van der Waals surface area contributed by atoms with E-state index in [1.54, 1.807) is 13.2 Å². The predicted molar refractivity (Wildman–Crippen MR) is 65.8 cm³/mol. The molecule has 0 bridgehead atoms. The lowest BCUT2D eigenvalue weighted by Crippen LogP contribution is -2.34. The van der Waals surface area contributed by atoms with Gasteiger partial charge in [-0.2, -0.15) is 0 Å². The Bertz CT molecular complexity index is 302. The van der Waals surface area contributed by atoms with Gasteiger partial charge in [0, 0.05) is 13.2 Å². The van der Waals surface area contributed by atoms with Crippen LogP contribution in [0, 0.1) is 0 Å². The van der Waals surface area contributed by atoms with Crippen LogP contribution in [0.15, 0.2) is 24.3 Å². The maximum absolute atomic E-state index is 9.58. The fourth-order valence-electron chi connectivity index (χ4n) is 1.66. The smallest absolute Gasteiger partial charge is 0.118 e. The van der Waals surface area contributed by atoms with Crippen molar-refractivity contribution >= 4 is 0 Å². The Morgan fingerprint density at radius 1 is 1.38 bits per heavy atom. The molecule has 1 rings (SSSR count). The first-order chi connectivity index (χ1) is 7.77. The van der Waals surface area contributed by atoms with Crippen LogP contribution in [0.1, 0.15) is 18.9 Å². The van der Waals surface area contributed by atoms with Gasteiger partial charge < -0.3 is 15.2 Å². The van der Waals surface area contributed by atoms with Crippen molar-refractivity contribution in [1.29, 1.82) is 0 Å². The minimum atomic E-state index is 0.379. The molecule has 3 nitrogen and oxygen atoms in total. The number of hydrogen-bond donors (Lipinski definition) is 2. The number of ether oxygens (including phenoxy) is 1. The summed E-state index contributed by atoms with van der Waals surface area (Å²) in [7, 11) is 1.72. The fraction of sp³-hybridized carbons (Fsp3) is 0.538. The lowest BCUT2D eigenvalue weighted by Gasteiger charge is -2.15. The second-order valence-corrected chi connectivity index (χ2v) is 3.89. The molecule has 0 aliphatic heterocycles. The normalized spacial score (nSPS) is 12.6. The van der Waals surface area contributed by atoms with Crippen molar-refractivity contribution in [3.63, 3.8) is 0 Å². The highest BCUT2D eigenvalue weighted by Crippen LogP contribution is 2.15. The van der Waals surface area contributed by atoms with E-state index in [0.29, 0.717) is 11.8 Å². The first-order valence-corrected chi connectivity index (χ1v) is 5.77. The summed E-state index contributed by atoms with van der Waals surface area (Å²) in [5.74, 6) is 0.379. The molecule has 1 aromatic rings. The number of rotatable bonds is 7. The van der Waals surface area contributed by atoms with Crippen LogP contribution >= 0.6 is 0 Å². The summed E-state index contributed by atoms with van der Waals surface area (Å²) in [5.41, 5.74) is 0.988. The molecular formula is C13H21NO2. The minimum Gasteiger partial charge on any atom is -0.508 e. The topological polar surface area (TPSA) is 41.5 Å². The van der Waals surface area contributed by atoms with Gasteiger partial charge in [0.25, 0.3) is 0 Å². The summed E-state index contributed by atoms with van der Waals surface area (Å²) in [6.07, 6.45) is 1.89. The molecule has 2 N–H and O–H groups in total. The van der Waals surface area contributed by atoms with E-state index in [-0.39, 0.29) is 0 Å². The zero-order chi connectivity index (χ0) is 11.8. The van der Waals surface area contributed by atoms with Crippen molar-refractivity contribution in [2.24, 2.45) is 0 Å². The average molecular weight is 223 g/mol.